The predicted molar refractivity (Wildman–Crippen MR) is 104 cm³/mol. The lowest BCUT2D eigenvalue weighted by atomic mass is 10.1. The Bertz CT molecular complexity index is 994. The van der Waals surface area contributed by atoms with E-state index in [0.29, 0.717) is 6.07 Å². The molecule has 0 spiro atoms. The summed E-state index contributed by atoms with van der Waals surface area (Å²) in [7, 11) is 2.71. The molecule has 0 fully saturated rings. The summed E-state index contributed by atoms with van der Waals surface area (Å²) in [6.07, 6.45) is 0. The minimum atomic E-state index is -0.915. The molecule has 1 amide bonds. The molecule has 13 nitrogen and oxygen atoms in total. The zero-order chi connectivity index (χ0) is 22.4. The lowest BCUT2D eigenvalue weighted by Gasteiger charge is -2.21. The first-order valence-corrected chi connectivity index (χ1v) is 8.53. The minimum absolute atomic E-state index is 0.0114. The smallest absolute Gasteiger partial charge is 0.321 e. The molecule has 13 heteroatoms. The first kappa shape index (κ1) is 22.0. The summed E-state index contributed by atoms with van der Waals surface area (Å²) in [5, 5.41) is 38.6. The highest BCUT2D eigenvalue weighted by Gasteiger charge is 2.31. The Balaban J connectivity index is 2.64. The number of carbonyl (C=O) groups excluding carboxylic acids is 1. The number of benzene rings is 2. The molecule has 0 aliphatic heterocycles. The number of hydrazine groups is 1. The minimum Gasteiger partial charge on any atom is -0.569 e. The molecule has 2 aromatic carbocycles. The molecule has 0 radical (unpaired) electrons. The van der Waals surface area contributed by atoms with Gasteiger partial charge in [-0.15, -0.1) is 0 Å². The van der Waals surface area contributed by atoms with E-state index in [1.165, 1.54) is 26.2 Å². The van der Waals surface area contributed by atoms with Crippen molar-refractivity contribution in [2.24, 2.45) is 5.28 Å². The number of nitrogens with zero attached hydrogens (tertiary/aromatic N) is 6. The first-order valence-electron chi connectivity index (χ1n) is 8.53. The van der Waals surface area contributed by atoms with Gasteiger partial charge in [0.1, 0.15) is 11.8 Å². The highest BCUT2D eigenvalue weighted by atomic mass is 16.7. The van der Waals surface area contributed by atoms with Gasteiger partial charge in [-0.25, -0.2) is 0 Å². The highest BCUT2D eigenvalue weighted by Crippen LogP contribution is 2.40. The number of hydrogen-bond donors (Lipinski definition) is 0. The van der Waals surface area contributed by atoms with Gasteiger partial charge in [-0.2, -0.15) is 5.01 Å². The third-order valence-corrected chi connectivity index (χ3v) is 3.87. The molecule has 0 heterocycles. The average Bonchev–Trinajstić information content (AvgIpc) is 2.72. The van der Waals surface area contributed by atoms with Crippen LogP contribution in [0.25, 0.3) is 0 Å². The van der Waals surface area contributed by atoms with Gasteiger partial charge in [-0.05, 0) is 19.1 Å². The largest absolute Gasteiger partial charge is 0.569 e. The lowest BCUT2D eigenvalue weighted by molar-refractivity contribution is -0.695. The van der Waals surface area contributed by atoms with Crippen molar-refractivity contribution in [1.82, 2.24) is 5.01 Å². The van der Waals surface area contributed by atoms with Crippen molar-refractivity contribution in [2.75, 3.05) is 25.5 Å². The monoisotopic (exact) mass is 418 g/mol. The maximum Gasteiger partial charge on any atom is 0.321 e. The Kier molecular flexibility index (Phi) is 6.80. The summed E-state index contributed by atoms with van der Waals surface area (Å²) >= 11 is 0. The maximum atomic E-state index is 12.9. The predicted octanol–water partition coefficient (Wildman–Crippen LogP) is 2.90. The molecule has 0 aliphatic carbocycles. The number of hydrogen-bond acceptors (Lipinski definition) is 8. The second-order valence-corrected chi connectivity index (χ2v) is 6.01. The van der Waals surface area contributed by atoms with Gasteiger partial charge in [-0.3, -0.25) is 29.9 Å². The van der Waals surface area contributed by atoms with Crippen molar-refractivity contribution in [2.45, 2.75) is 6.92 Å². The number of carbonyl (C=O) groups is 1. The normalized spacial score (nSPS) is 11.0. The van der Waals surface area contributed by atoms with E-state index in [1.54, 1.807) is 25.1 Å². The Morgan fingerprint density at radius 2 is 1.63 bits per heavy atom. The van der Waals surface area contributed by atoms with E-state index in [1.807, 2.05) is 0 Å². The van der Waals surface area contributed by atoms with Crippen LogP contribution in [-0.2, 0) is 0 Å². The zero-order valence-corrected chi connectivity index (χ0v) is 16.3. The maximum absolute atomic E-state index is 12.9. The molecule has 2 rings (SSSR count). The van der Waals surface area contributed by atoms with Gasteiger partial charge in [0.05, 0.1) is 28.9 Å². The van der Waals surface area contributed by atoms with Gasteiger partial charge in [0.15, 0.2) is 0 Å². The van der Waals surface area contributed by atoms with Gasteiger partial charge >= 0.3 is 5.69 Å². The van der Waals surface area contributed by atoms with Crippen LogP contribution in [0.3, 0.4) is 0 Å². The van der Waals surface area contributed by atoms with Gasteiger partial charge in [0.2, 0.25) is 11.0 Å². The Morgan fingerprint density at radius 1 is 1.03 bits per heavy atom. The van der Waals surface area contributed by atoms with Crippen molar-refractivity contribution in [1.29, 1.82) is 0 Å². The third kappa shape index (κ3) is 4.76. The van der Waals surface area contributed by atoms with Crippen molar-refractivity contribution in [3.63, 3.8) is 0 Å². The van der Waals surface area contributed by atoms with E-state index >= 15 is 0 Å². The van der Waals surface area contributed by atoms with Crippen molar-refractivity contribution >= 4 is 23.0 Å². The Morgan fingerprint density at radius 3 is 2.13 bits per heavy atom. The first-order chi connectivity index (χ1) is 14.2. The molecule has 0 atom stereocenters. The molecule has 0 N–H and O–H groups in total. The van der Waals surface area contributed by atoms with Crippen molar-refractivity contribution in [3.8, 4) is 5.75 Å². The fourth-order valence-corrected chi connectivity index (χ4v) is 2.44. The summed E-state index contributed by atoms with van der Waals surface area (Å²) in [6.45, 7) is 1.61. The zero-order valence-electron chi connectivity index (χ0n) is 16.3. The number of rotatable bonds is 8. The van der Waals surface area contributed by atoms with Gasteiger partial charge in [0.25, 0.3) is 11.6 Å². The summed E-state index contributed by atoms with van der Waals surface area (Å²) in [6, 6.07) is 9.61. The summed E-state index contributed by atoms with van der Waals surface area (Å²) in [4.78, 5) is 40.0. The number of nitro benzene ring substituents is 2. The van der Waals surface area contributed by atoms with Crippen molar-refractivity contribution < 1.29 is 24.4 Å². The fraction of sp³-hybridized carbons (Fsp3) is 0.235. The molecule has 0 aliphatic rings. The van der Waals surface area contributed by atoms with E-state index in [0.717, 1.165) is 16.0 Å². The van der Waals surface area contributed by atoms with Crippen LogP contribution >= 0.6 is 0 Å². The van der Waals surface area contributed by atoms with Crippen LogP contribution in [0.1, 0.15) is 17.3 Å². The number of anilines is 1. The Hall–Kier alpha value is -4.29. The summed E-state index contributed by atoms with van der Waals surface area (Å²) in [5.41, 5.74) is -1.44. The molecule has 158 valence electrons. The van der Waals surface area contributed by atoms with Crippen LogP contribution in [0.15, 0.2) is 47.7 Å². The fourth-order valence-electron chi connectivity index (χ4n) is 2.44. The van der Waals surface area contributed by atoms with E-state index < -0.39 is 32.9 Å². The van der Waals surface area contributed by atoms with E-state index in [-0.39, 0.29) is 22.8 Å². The molecule has 0 bridgehead atoms. The van der Waals surface area contributed by atoms with Gasteiger partial charge < -0.3 is 10.1 Å². The van der Waals surface area contributed by atoms with E-state index in [4.69, 9.17) is 4.84 Å². The van der Waals surface area contributed by atoms with Crippen LogP contribution < -0.4 is 9.74 Å². The number of nitro groups is 2. The van der Waals surface area contributed by atoms with E-state index in [2.05, 4.69) is 5.28 Å². The van der Waals surface area contributed by atoms with Gasteiger partial charge in [-0.1, -0.05) is 18.2 Å². The molecule has 0 aromatic heterocycles. The Labute approximate surface area is 170 Å². The molecule has 0 saturated heterocycles. The molecule has 0 unspecified atom stereocenters. The SMILES string of the molecule is CCN(C(=O)c1ccccc1)c1cc(O/N=[N+](\[O-])N(C)C)c([N+](=O)[O-])cc1[N+](=O)[O-]. The molecular formula is C17H18N6O7. The summed E-state index contributed by atoms with van der Waals surface area (Å²) in [5.74, 6) is -1.10. The van der Waals surface area contributed by atoms with Crippen LogP contribution in [0.2, 0.25) is 0 Å². The molecule has 2 aromatic rings. The highest BCUT2D eigenvalue weighted by molar-refractivity contribution is 6.07. The lowest BCUT2D eigenvalue weighted by Crippen LogP contribution is -2.31. The van der Waals surface area contributed by atoms with Crippen LogP contribution in [-0.4, -0.2) is 46.4 Å². The average molecular weight is 418 g/mol. The molecular weight excluding hydrogens is 400 g/mol. The second-order valence-electron chi connectivity index (χ2n) is 6.01. The third-order valence-electron chi connectivity index (χ3n) is 3.87. The molecule has 0 saturated carbocycles. The topological polar surface area (TPSA) is 157 Å². The number of amides is 1. The molecule has 30 heavy (non-hydrogen) atoms. The quantitative estimate of drug-likeness (QED) is 0.274. The van der Waals surface area contributed by atoms with Crippen LogP contribution in [0.4, 0.5) is 17.1 Å². The second kappa shape index (κ2) is 9.27. The summed E-state index contributed by atoms with van der Waals surface area (Å²) < 4.78 is 0. The van der Waals surface area contributed by atoms with Crippen LogP contribution in [0.5, 0.6) is 5.75 Å². The van der Waals surface area contributed by atoms with Crippen LogP contribution in [0, 0.1) is 25.4 Å². The van der Waals surface area contributed by atoms with Crippen molar-refractivity contribution in [3.05, 3.63) is 73.5 Å². The van der Waals surface area contributed by atoms with Gasteiger partial charge in [0, 0.05) is 18.2 Å². The van der Waals surface area contributed by atoms with E-state index in [9.17, 15) is 30.2 Å². The standard InChI is InChI=1S/C17H18N6O7/c1-4-20(17(24)12-8-6-5-7-9-12)13-11-16(30-18-23(29)19(2)3)15(22(27)28)10-14(13)21(25)26/h5-11H,4H2,1-3H3/b23-18-.